The first-order chi connectivity index (χ1) is 25.4. The highest BCUT2D eigenvalue weighted by molar-refractivity contribution is 6.30. The lowest BCUT2D eigenvalue weighted by Gasteiger charge is -2.18. The largest absolute Gasteiger partial charge is 0.261 e. The van der Waals surface area contributed by atoms with E-state index in [1.54, 1.807) is 31.2 Å². The van der Waals surface area contributed by atoms with Crippen LogP contribution in [0.15, 0.2) is 110 Å². The maximum atomic E-state index is 5.70. The fourth-order valence-corrected chi connectivity index (χ4v) is 4.78. The first-order valence-electron chi connectivity index (χ1n) is 18.7. The molecule has 5 heterocycles. The topological polar surface area (TPSA) is 103 Å². The Balaban J connectivity index is 0.000000239. The maximum Gasteiger partial charge on any atom is 0.116 e. The minimum atomic E-state index is 0.0720. The van der Waals surface area contributed by atoms with Crippen molar-refractivity contribution in [3.8, 4) is 0 Å². The molecular formula is C46H63ClN8. The molecule has 0 unspecified atom stereocenters. The number of hydrogen-bond donors (Lipinski definition) is 0. The van der Waals surface area contributed by atoms with Crippen molar-refractivity contribution < 1.29 is 0 Å². The molecule has 0 saturated carbocycles. The third-order valence-electron chi connectivity index (χ3n) is 7.87. The molecule has 5 aromatic heterocycles. The van der Waals surface area contributed by atoms with E-state index in [0.29, 0.717) is 5.02 Å². The lowest BCUT2D eigenvalue weighted by Crippen LogP contribution is -2.14. The SMILES string of the molecule is CC(C)(C)c1ccc(Cl)cn1.CC(C)(C)c1ccccn1.CC(C)(C)c1cccnn1.CC(C)(C)c1ccncn1.CC(C)(C)c1ncnc2ccccc12. The predicted octanol–water partition coefficient (Wildman–Crippen LogP) is 11.9. The zero-order valence-corrected chi connectivity index (χ0v) is 36.6. The fourth-order valence-electron chi connectivity index (χ4n) is 4.66. The van der Waals surface area contributed by atoms with Crippen LogP contribution in [0.2, 0.25) is 5.02 Å². The van der Waals surface area contributed by atoms with Crippen LogP contribution >= 0.6 is 11.6 Å². The third kappa shape index (κ3) is 17.1. The quantitative estimate of drug-likeness (QED) is 0.151. The molecule has 0 bridgehead atoms. The summed E-state index contributed by atoms with van der Waals surface area (Å²) in [5, 5.41) is 9.65. The van der Waals surface area contributed by atoms with Crippen LogP contribution in [0.5, 0.6) is 0 Å². The van der Waals surface area contributed by atoms with E-state index < -0.39 is 0 Å². The van der Waals surface area contributed by atoms with Gasteiger partial charge in [-0.1, -0.05) is 140 Å². The van der Waals surface area contributed by atoms with Gasteiger partial charge >= 0.3 is 0 Å². The van der Waals surface area contributed by atoms with Crippen LogP contribution in [0, 0.1) is 0 Å². The molecule has 55 heavy (non-hydrogen) atoms. The van der Waals surface area contributed by atoms with Crippen molar-refractivity contribution in [3.63, 3.8) is 0 Å². The van der Waals surface area contributed by atoms with Crippen LogP contribution in [-0.2, 0) is 27.1 Å². The first-order valence-corrected chi connectivity index (χ1v) is 19.1. The van der Waals surface area contributed by atoms with Crippen LogP contribution in [0.3, 0.4) is 0 Å². The molecule has 0 saturated heterocycles. The second-order valence-corrected chi connectivity index (χ2v) is 18.7. The second-order valence-electron chi connectivity index (χ2n) is 18.3. The highest BCUT2D eigenvalue weighted by Gasteiger charge is 2.19. The van der Waals surface area contributed by atoms with E-state index in [1.807, 2.05) is 66.9 Å². The highest BCUT2D eigenvalue weighted by atomic mass is 35.5. The average molecular weight is 764 g/mol. The van der Waals surface area contributed by atoms with E-state index in [4.69, 9.17) is 11.6 Å². The summed E-state index contributed by atoms with van der Waals surface area (Å²) < 4.78 is 0. The monoisotopic (exact) mass is 762 g/mol. The van der Waals surface area contributed by atoms with Gasteiger partial charge < -0.3 is 0 Å². The number of aromatic nitrogens is 8. The normalized spacial score (nSPS) is 11.6. The second kappa shape index (κ2) is 20.3. The summed E-state index contributed by atoms with van der Waals surface area (Å²) >= 11 is 5.70. The first kappa shape index (κ1) is 46.5. The van der Waals surface area contributed by atoms with Gasteiger partial charge in [-0.05, 0) is 48.5 Å². The van der Waals surface area contributed by atoms with E-state index in [1.165, 1.54) is 0 Å². The fraction of sp³-hybridized carbons (Fsp3) is 0.435. The van der Waals surface area contributed by atoms with E-state index in [2.05, 4.69) is 156 Å². The molecular weight excluding hydrogens is 700 g/mol. The molecule has 8 nitrogen and oxygen atoms in total. The van der Waals surface area contributed by atoms with Crippen molar-refractivity contribution in [2.45, 2.75) is 131 Å². The molecule has 0 radical (unpaired) electrons. The molecule has 294 valence electrons. The third-order valence-corrected chi connectivity index (χ3v) is 8.10. The summed E-state index contributed by atoms with van der Waals surface area (Å²) in [5.74, 6) is 0. The Kier molecular flexibility index (Phi) is 17.1. The zero-order chi connectivity index (χ0) is 41.5. The summed E-state index contributed by atoms with van der Waals surface area (Å²) in [4.78, 5) is 25.1. The molecule has 0 fully saturated rings. The number of benzene rings is 1. The molecule has 0 amide bonds. The van der Waals surface area contributed by atoms with Gasteiger partial charge in [0.05, 0.1) is 21.9 Å². The predicted molar refractivity (Wildman–Crippen MR) is 231 cm³/mol. The number of para-hydroxylation sites is 1. The van der Waals surface area contributed by atoms with Gasteiger partial charge in [0.25, 0.3) is 0 Å². The zero-order valence-electron chi connectivity index (χ0n) is 35.8. The van der Waals surface area contributed by atoms with Crippen molar-refractivity contribution in [3.05, 3.63) is 144 Å². The van der Waals surface area contributed by atoms with Crippen molar-refractivity contribution in [2.24, 2.45) is 0 Å². The van der Waals surface area contributed by atoms with Crippen LogP contribution in [0.25, 0.3) is 10.9 Å². The molecule has 0 N–H and O–H groups in total. The molecule has 6 aromatic rings. The molecule has 0 atom stereocenters. The summed E-state index contributed by atoms with van der Waals surface area (Å²) in [5.41, 5.74) is 7.11. The lowest BCUT2D eigenvalue weighted by molar-refractivity contribution is 0.558. The minimum absolute atomic E-state index is 0.0720. The Bertz CT molecular complexity index is 1830. The van der Waals surface area contributed by atoms with Crippen LogP contribution < -0.4 is 0 Å². The smallest absolute Gasteiger partial charge is 0.116 e. The molecule has 6 rings (SSSR count). The van der Waals surface area contributed by atoms with Gasteiger partial charge in [0.2, 0.25) is 0 Å². The van der Waals surface area contributed by atoms with E-state index >= 15 is 0 Å². The van der Waals surface area contributed by atoms with Crippen molar-refractivity contribution in [2.75, 3.05) is 0 Å². The van der Waals surface area contributed by atoms with Gasteiger partial charge in [-0.2, -0.15) is 10.2 Å². The summed E-state index contributed by atoms with van der Waals surface area (Å²) in [6, 6.07) is 23.8. The van der Waals surface area contributed by atoms with Crippen molar-refractivity contribution in [1.82, 2.24) is 40.1 Å². The van der Waals surface area contributed by atoms with Gasteiger partial charge in [0, 0.05) is 74.3 Å². The van der Waals surface area contributed by atoms with Crippen LogP contribution in [0.4, 0.5) is 0 Å². The summed E-state index contributed by atoms with van der Waals surface area (Å²) in [6.07, 6.45) is 10.2. The number of halogens is 1. The van der Waals surface area contributed by atoms with Crippen molar-refractivity contribution >= 4 is 22.5 Å². The highest BCUT2D eigenvalue weighted by Crippen LogP contribution is 2.26. The van der Waals surface area contributed by atoms with Gasteiger partial charge in [-0.3, -0.25) is 9.97 Å². The molecule has 0 spiro atoms. The standard InChI is InChI=1S/C12H14N2.C9H12ClN.C9H13N.2C8H12N2/c1-12(2,3)11-9-6-4-5-7-10(9)13-8-14-11;1-9(2,3)8-5-4-7(10)6-11-8;1-9(2,3)8-6-4-5-7-10-8;1-8(2,3)7-4-5-9-6-10-7;1-8(2,3)7-5-4-6-9-10-7/h4-8H,1-3H3;4-6H,1-3H3;4-7H,1-3H3;2*4-6H,1-3H3. The Hall–Kier alpha value is -4.69. The minimum Gasteiger partial charge on any atom is -0.261 e. The Morgan fingerprint density at radius 3 is 1.40 bits per heavy atom. The maximum absolute atomic E-state index is 5.70. The van der Waals surface area contributed by atoms with Crippen LogP contribution in [0.1, 0.15) is 132 Å². The number of rotatable bonds is 0. The van der Waals surface area contributed by atoms with Gasteiger partial charge in [0.15, 0.2) is 0 Å². The molecule has 0 aliphatic rings. The Morgan fingerprint density at radius 2 is 0.982 bits per heavy atom. The lowest BCUT2D eigenvalue weighted by atomic mass is 9.89. The Morgan fingerprint density at radius 1 is 0.418 bits per heavy atom. The molecule has 0 aliphatic heterocycles. The Labute approximate surface area is 336 Å². The number of hydrogen-bond acceptors (Lipinski definition) is 8. The van der Waals surface area contributed by atoms with E-state index in [0.717, 1.165) is 39.4 Å². The summed E-state index contributed by atoms with van der Waals surface area (Å²) in [7, 11) is 0. The van der Waals surface area contributed by atoms with Gasteiger partial charge in [0.1, 0.15) is 12.7 Å². The average Bonchev–Trinajstić information content (AvgIpc) is 3.12. The van der Waals surface area contributed by atoms with Crippen molar-refractivity contribution in [1.29, 1.82) is 0 Å². The van der Waals surface area contributed by atoms with Gasteiger partial charge in [-0.15, -0.1) is 0 Å². The molecule has 0 aliphatic carbocycles. The summed E-state index contributed by atoms with van der Waals surface area (Å²) in [6.45, 7) is 32.1. The molecule has 9 heteroatoms. The van der Waals surface area contributed by atoms with Crippen LogP contribution in [-0.4, -0.2) is 40.1 Å². The van der Waals surface area contributed by atoms with Gasteiger partial charge in [-0.25, -0.2) is 19.9 Å². The van der Waals surface area contributed by atoms with E-state index in [-0.39, 0.29) is 27.1 Å². The number of pyridine rings is 2. The molecule has 1 aromatic carbocycles. The number of fused-ring (bicyclic) bond motifs is 1. The number of nitrogens with zero attached hydrogens (tertiary/aromatic N) is 8. The van der Waals surface area contributed by atoms with E-state index in [9.17, 15) is 0 Å².